The summed E-state index contributed by atoms with van der Waals surface area (Å²) in [5.74, 6) is 0. The fourth-order valence-electron chi connectivity index (χ4n) is 1.47. The van der Waals surface area contributed by atoms with Crippen LogP contribution in [0.3, 0.4) is 0 Å². The molecule has 0 radical (unpaired) electrons. The van der Waals surface area contributed by atoms with Crippen molar-refractivity contribution in [3.05, 3.63) is 41.3 Å². The van der Waals surface area contributed by atoms with Gasteiger partial charge in [-0.2, -0.15) is 4.31 Å². The Morgan fingerprint density at radius 3 is 2.33 bits per heavy atom. The zero-order valence-electron chi connectivity index (χ0n) is 10.9. The summed E-state index contributed by atoms with van der Waals surface area (Å²) in [5, 5.41) is 10.8. The minimum atomic E-state index is -3.50. The van der Waals surface area contributed by atoms with E-state index >= 15 is 0 Å². The summed E-state index contributed by atoms with van der Waals surface area (Å²) in [7, 11) is -2.05. The van der Waals surface area contributed by atoms with Gasteiger partial charge in [0.15, 0.2) is 0 Å². The molecule has 0 fully saturated rings. The van der Waals surface area contributed by atoms with E-state index < -0.39 is 15.6 Å². The second-order valence-corrected chi connectivity index (χ2v) is 6.75. The van der Waals surface area contributed by atoms with Crippen LogP contribution in [0.4, 0.5) is 0 Å². The molecule has 4 nitrogen and oxygen atoms in total. The van der Waals surface area contributed by atoms with Gasteiger partial charge < -0.3 is 5.11 Å². The first kappa shape index (κ1) is 14.9. The van der Waals surface area contributed by atoms with Gasteiger partial charge in [0.05, 0.1) is 5.60 Å². The molecular formula is C13H19NO3S. The fourth-order valence-corrected chi connectivity index (χ4v) is 2.50. The number of rotatable bonds is 5. The van der Waals surface area contributed by atoms with Crippen molar-refractivity contribution in [1.29, 1.82) is 0 Å². The van der Waals surface area contributed by atoms with Crippen LogP contribution in [0.15, 0.2) is 35.7 Å². The Labute approximate surface area is 109 Å². The number of hydrogen-bond donors (Lipinski definition) is 1. The van der Waals surface area contributed by atoms with Crippen molar-refractivity contribution < 1.29 is 13.5 Å². The molecule has 0 aliphatic heterocycles. The van der Waals surface area contributed by atoms with E-state index in [9.17, 15) is 13.5 Å². The van der Waals surface area contributed by atoms with E-state index in [4.69, 9.17) is 0 Å². The van der Waals surface area contributed by atoms with Gasteiger partial charge in [-0.15, -0.1) is 0 Å². The van der Waals surface area contributed by atoms with Crippen molar-refractivity contribution in [3.8, 4) is 0 Å². The number of likely N-dealkylation sites (N-methyl/N-ethyl adjacent to an activating group) is 1. The molecule has 0 saturated carbocycles. The first-order valence-electron chi connectivity index (χ1n) is 5.62. The Morgan fingerprint density at radius 1 is 1.28 bits per heavy atom. The van der Waals surface area contributed by atoms with E-state index in [1.54, 1.807) is 13.8 Å². The van der Waals surface area contributed by atoms with Gasteiger partial charge in [-0.05, 0) is 25.5 Å². The Bertz CT molecular complexity index is 501. The monoisotopic (exact) mass is 269 g/mol. The lowest BCUT2D eigenvalue weighted by atomic mass is 10.1. The molecule has 0 aromatic heterocycles. The zero-order chi connectivity index (χ0) is 13.8. The average Bonchev–Trinajstić information content (AvgIpc) is 2.26. The Kier molecular flexibility index (Phi) is 4.67. The van der Waals surface area contributed by atoms with Gasteiger partial charge in [0.1, 0.15) is 0 Å². The molecule has 5 heteroatoms. The summed E-state index contributed by atoms with van der Waals surface area (Å²) < 4.78 is 25.0. The molecule has 0 amide bonds. The quantitative estimate of drug-likeness (QED) is 0.885. The molecule has 0 bridgehead atoms. The molecule has 1 rings (SSSR count). The first-order valence-corrected chi connectivity index (χ1v) is 7.13. The predicted octanol–water partition coefficient (Wildman–Crippen LogP) is 1.69. The van der Waals surface area contributed by atoms with Crippen LogP contribution in [0.5, 0.6) is 0 Å². The van der Waals surface area contributed by atoms with Crippen LogP contribution in [0.2, 0.25) is 0 Å². The average molecular weight is 269 g/mol. The highest BCUT2D eigenvalue weighted by atomic mass is 32.2. The smallest absolute Gasteiger partial charge is 0.236 e. The third kappa shape index (κ3) is 5.00. The van der Waals surface area contributed by atoms with Crippen LogP contribution in [0.1, 0.15) is 19.4 Å². The van der Waals surface area contributed by atoms with Crippen molar-refractivity contribution in [1.82, 2.24) is 4.31 Å². The molecule has 0 saturated heterocycles. The topological polar surface area (TPSA) is 57.6 Å². The van der Waals surface area contributed by atoms with E-state index in [-0.39, 0.29) is 6.54 Å². The predicted molar refractivity (Wildman–Crippen MR) is 73.3 cm³/mol. The third-order valence-corrected chi connectivity index (χ3v) is 3.75. The second kappa shape index (κ2) is 5.65. The van der Waals surface area contributed by atoms with Gasteiger partial charge in [0, 0.05) is 19.0 Å². The van der Waals surface area contributed by atoms with Gasteiger partial charge >= 0.3 is 0 Å². The van der Waals surface area contributed by atoms with Crippen molar-refractivity contribution in [2.75, 3.05) is 13.6 Å². The standard InChI is InChI=1S/C13H19NO3S/c1-13(2,15)11-14(3)18(16,17)10-9-12-7-5-4-6-8-12/h4-10,15H,11H2,1-3H3. The van der Waals surface area contributed by atoms with Gasteiger partial charge in [-0.1, -0.05) is 30.3 Å². The minimum absolute atomic E-state index is 0.0501. The van der Waals surface area contributed by atoms with Crippen molar-refractivity contribution in [2.45, 2.75) is 19.4 Å². The van der Waals surface area contributed by atoms with Crippen LogP contribution in [-0.4, -0.2) is 37.0 Å². The summed E-state index contributed by atoms with van der Waals surface area (Å²) in [6, 6.07) is 9.19. The molecule has 1 aromatic carbocycles. The lowest BCUT2D eigenvalue weighted by Crippen LogP contribution is -2.38. The Balaban J connectivity index is 2.79. The van der Waals surface area contributed by atoms with Gasteiger partial charge in [0.25, 0.3) is 0 Å². The molecule has 0 heterocycles. The molecule has 0 atom stereocenters. The SMILES string of the molecule is CN(CC(C)(C)O)S(=O)(=O)C=Cc1ccccc1. The van der Waals surface area contributed by atoms with Crippen molar-refractivity contribution >= 4 is 16.1 Å². The molecule has 0 aliphatic rings. The van der Waals surface area contributed by atoms with Crippen LogP contribution in [0.25, 0.3) is 6.08 Å². The molecule has 1 N–H and O–H groups in total. The number of aliphatic hydroxyl groups is 1. The number of sulfonamides is 1. The minimum Gasteiger partial charge on any atom is -0.389 e. The summed E-state index contributed by atoms with van der Waals surface area (Å²) in [5.41, 5.74) is -0.236. The third-order valence-electron chi connectivity index (χ3n) is 2.28. The van der Waals surface area contributed by atoms with Crippen LogP contribution in [0, 0.1) is 0 Å². The molecule has 100 valence electrons. The highest BCUT2D eigenvalue weighted by molar-refractivity contribution is 7.92. The normalized spacial score (nSPS) is 13.4. The number of nitrogens with zero attached hydrogens (tertiary/aromatic N) is 1. The molecule has 0 aliphatic carbocycles. The van der Waals surface area contributed by atoms with Crippen LogP contribution < -0.4 is 0 Å². The lowest BCUT2D eigenvalue weighted by Gasteiger charge is -2.23. The first-order chi connectivity index (χ1) is 8.21. The van der Waals surface area contributed by atoms with E-state index in [0.29, 0.717) is 0 Å². The Hall–Kier alpha value is -1.17. The maximum absolute atomic E-state index is 11.9. The van der Waals surface area contributed by atoms with Crippen molar-refractivity contribution in [3.63, 3.8) is 0 Å². The maximum Gasteiger partial charge on any atom is 0.236 e. The van der Waals surface area contributed by atoms with Crippen LogP contribution >= 0.6 is 0 Å². The summed E-state index contributed by atoms with van der Waals surface area (Å²) in [6.45, 7) is 3.19. The lowest BCUT2D eigenvalue weighted by molar-refractivity contribution is 0.0642. The zero-order valence-corrected chi connectivity index (χ0v) is 11.7. The van der Waals surface area contributed by atoms with E-state index in [1.807, 2.05) is 30.3 Å². The number of hydrogen-bond acceptors (Lipinski definition) is 3. The maximum atomic E-state index is 11.9. The summed E-state index contributed by atoms with van der Waals surface area (Å²) in [4.78, 5) is 0. The second-order valence-electron chi connectivity index (χ2n) is 4.83. The molecule has 0 unspecified atom stereocenters. The van der Waals surface area contributed by atoms with Gasteiger partial charge in [-0.25, -0.2) is 8.42 Å². The fraction of sp³-hybridized carbons (Fsp3) is 0.385. The molecule has 1 aromatic rings. The van der Waals surface area contributed by atoms with Crippen LogP contribution in [-0.2, 0) is 10.0 Å². The molecule has 0 spiro atoms. The Morgan fingerprint density at radius 2 is 1.83 bits per heavy atom. The van der Waals surface area contributed by atoms with Crippen molar-refractivity contribution in [2.24, 2.45) is 0 Å². The highest BCUT2D eigenvalue weighted by Crippen LogP contribution is 2.10. The summed E-state index contributed by atoms with van der Waals surface area (Å²) in [6.07, 6.45) is 1.54. The molecule has 18 heavy (non-hydrogen) atoms. The number of benzene rings is 1. The molecular weight excluding hydrogens is 250 g/mol. The van der Waals surface area contributed by atoms with E-state index in [1.165, 1.54) is 13.1 Å². The largest absolute Gasteiger partial charge is 0.389 e. The van der Waals surface area contributed by atoms with E-state index in [2.05, 4.69) is 0 Å². The summed E-state index contributed by atoms with van der Waals surface area (Å²) >= 11 is 0. The van der Waals surface area contributed by atoms with Gasteiger partial charge in [0.2, 0.25) is 10.0 Å². The van der Waals surface area contributed by atoms with Gasteiger partial charge in [-0.3, -0.25) is 0 Å². The highest BCUT2D eigenvalue weighted by Gasteiger charge is 2.22. The van der Waals surface area contributed by atoms with E-state index in [0.717, 1.165) is 15.3 Å².